The molecule has 0 atom stereocenters. The zero-order chi connectivity index (χ0) is 27.5. The van der Waals surface area contributed by atoms with Gasteiger partial charge in [-0.3, -0.25) is 0 Å². The molecule has 0 saturated heterocycles. The number of aromatic nitrogens is 2. The summed E-state index contributed by atoms with van der Waals surface area (Å²) in [4.78, 5) is 9.41. The molecule has 0 N–H and O–H groups in total. The second kappa shape index (κ2) is 20.5. The van der Waals surface area contributed by atoms with Gasteiger partial charge in [0.25, 0.3) is 0 Å². The Kier molecular flexibility index (Phi) is 16.7. The van der Waals surface area contributed by atoms with Crippen molar-refractivity contribution in [2.75, 3.05) is 11.5 Å². The summed E-state index contributed by atoms with van der Waals surface area (Å²) in [5.41, 5.74) is 2.28. The van der Waals surface area contributed by atoms with E-state index in [-0.39, 0.29) is 0 Å². The van der Waals surface area contributed by atoms with Gasteiger partial charge >= 0.3 is 0 Å². The van der Waals surface area contributed by atoms with Crippen molar-refractivity contribution in [2.45, 2.75) is 111 Å². The minimum Gasteiger partial charge on any atom is -0.229 e. The van der Waals surface area contributed by atoms with Crippen molar-refractivity contribution < 1.29 is 0 Å². The third-order valence-electron chi connectivity index (χ3n) is 7.01. The minimum absolute atomic E-state index is 1.14. The van der Waals surface area contributed by atoms with Crippen molar-refractivity contribution in [2.24, 2.45) is 0 Å². The van der Waals surface area contributed by atoms with Crippen LogP contribution in [-0.2, 0) is 0 Å². The molecule has 0 unspecified atom stereocenters. The summed E-state index contributed by atoms with van der Waals surface area (Å²) in [6, 6.07) is 16.9. The van der Waals surface area contributed by atoms with E-state index in [4.69, 9.17) is 9.97 Å². The molecule has 0 spiro atoms. The summed E-state index contributed by atoms with van der Waals surface area (Å²) < 4.78 is 5.00. The first kappa shape index (κ1) is 32.5. The van der Waals surface area contributed by atoms with Crippen molar-refractivity contribution in [1.29, 1.82) is 0 Å². The third-order valence-corrected chi connectivity index (χ3v) is 14.6. The molecule has 0 aliphatic heterocycles. The Hall–Kier alpha value is -0.380. The lowest BCUT2D eigenvalue weighted by Gasteiger charge is -2.04. The Labute approximate surface area is 265 Å². The van der Waals surface area contributed by atoms with Crippen molar-refractivity contribution in [3.05, 3.63) is 48.5 Å². The van der Waals surface area contributed by atoms with E-state index < -0.39 is 0 Å². The molecule has 4 rings (SSSR count). The van der Waals surface area contributed by atoms with E-state index >= 15 is 0 Å². The number of benzene rings is 2. The standard InChI is InChI=1S/C32H44N2S6/c1(3-5-7-9-11-13-19-25-35-39-31-33-27-21-15-17-23-29(27)37-31)2-4-6-8-10-12-14-20-26-36-40-32-34-28-22-16-18-24-30(28)38-32/h15-18,21-24H,1-14,19-20,25-26H2. The predicted molar refractivity (Wildman–Crippen MR) is 190 cm³/mol. The summed E-state index contributed by atoms with van der Waals surface area (Å²) in [6.07, 6.45) is 22.7. The van der Waals surface area contributed by atoms with E-state index in [9.17, 15) is 0 Å². The summed E-state index contributed by atoms with van der Waals surface area (Å²) in [5.74, 6) is 2.48. The zero-order valence-corrected chi connectivity index (χ0v) is 28.6. The van der Waals surface area contributed by atoms with Gasteiger partial charge in [-0.2, -0.15) is 0 Å². The largest absolute Gasteiger partial charge is 0.229 e. The lowest BCUT2D eigenvalue weighted by molar-refractivity contribution is 0.532. The highest BCUT2D eigenvalue weighted by Crippen LogP contribution is 2.38. The number of nitrogens with zero attached hydrogens (tertiary/aromatic N) is 2. The average molecular weight is 649 g/mol. The molecular weight excluding hydrogens is 605 g/mol. The quantitative estimate of drug-likeness (QED) is 0.0586. The first-order valence-electron chi connectivity index (χ1n) is 15.2. The molecule has 40 heavy (non-hydrogen) atoms. The van der Waals surface area contributed by atoms with Crippen LogP contribution in [0.15, 0.2) is 57.2 Å². The van der Waals surface area contributed by atoms with Gasteiger partial charge in [0, 0.05) is 11.5 Å². The van der Waals surface area contributed by atoms with Gasteiger partial charge in [0.2, 0.25) is 0 Å². The number of hydrogen-bond acceptors (Lipinski definition) is 8. The summed E-state index contributed by atoms with van der Waals surface area (Å²) in [7, 11) is 7.66. The van der Waals surface area contributed by atoms with Crippen molar-refractivity contribution in [1.82, 2.24) is 9.97 Å². The number of unbranched alkanes of at least 4 members (excludes halogenated alkanes) is 15. The molecular formula is C32H44N2S6. The van der Waals surface area contributed by atoms with Crippen LogP contribution in [0.2, 0.25) is 0 Å². The zero-order valence-electron chi connectivity index (χ0n) is 23.7. The van der Waals surface area contributed by atoms with Gasteiger partial charge in [-0.15, -0.1) is 22.7 Å². The molecule has 0 fully saturated rings. The van der Waals surface area contributed by atoms with Crippen LogP contribution in [0.1, 0.15) is 103 Å². The van der Waals surface area contributed by atoms with Crippen LogP contribution in [0, 0.1) is 0 Å². The molecule has 0 saturated carbocycles. The molecule has 0 amide bonds. The van der Waals surface area contributed by atoms with E-state index in [0.29, 0.717) is 0 Å². The highest BCUT2D eigenvalue weighted by molar-refractivity contribution is 8.77. The Bertz CT molecular complexity index is 1050. The molecule has 8 heteroatoms. The predicted octanol–water partition coefficient (Wildman–Crippen LogP) is 13.3. The second-order valence-corrected chi connectivity index (χ2v) is 17.7. The second-order valence-electron chi connectivity index (χ2n) is 10.4. The fraction of sp³-hybridized carbons (Fsp3) is 0.562. The third kappa shape index (κ3) is 12.9. The van der Waals surface area contributed by atoms with Gasteiger partial charge in [0.15, 0.2) is 8.68 Å². The number of para-hydroxylation sites is 2. The minimum atomic E-state index is 1.14. The Morgan fingerprint density at radius 2 is 0.750 bits per heavy atom. The summed E-state index contributed by atoms with van der Waals surface area (Å²) in [6.45, 7) is 0. The van der Waals surface area contributed by atoms with E-state index in [1.807, 2.05) is 65.8 Å². The smallest absolute Gasteiger partial charge is 0.161 e. The van der Waals surface area contributed by atoms with Crippen molar-refractivity contribution in [3.63, 3.8) is 0 Å². The van der Waals surface area contributed by atoms with Crippen LogP contribution in [-0.4, -0.2) is 21.5 Å². The molecule has 0 aliphatic rings. The first-order chi connectivity index (χ1) is 19.9. The fourth-order valence-corrected chi connectivity index (χ4v) is 11.8. The Balaban J connectivity index is 0.826. The molecule has 2 aromatic carbocycles. The molecule has 0 bridgehead atoms. The highest BCUT2D eigenvalue weighted by atomic mass is 33.1. The van der Waals surface area contributed by atoms with Crippen molar-refractivity contribution in [3.8, 4) is 0 Å². The van der Waals surface area contributed by atoms with Crippen molar-refractivity contribution >= 4 is 86.3 Å². The van der Waals surface area contributed by atoms with Crippen LogP contribution in [0.25, 0.3) is 20.4 Å². The van der Waals surface area contributed by atoms with Crippen LogP contribution in [0.4, 0.5) is 0 Å². The van der Waals surface area contributed by atoms with E-state index in [1.165, 1.54) is 132 Å². The molecule has 218 valence electrons. The van der Waals surface area contributed by atoms with Gasteiger partial charge in [-0.25, -0.2) is 9.97 Å². The van der Waals surface area contributed by atoms with E-state index in [2.05, 4.69) is 48.5 Å². The number of thiazole rings is 2. The van der Waals surface area contributed by atoms with Gasteiger partial charge in [0.05, 0.1) is 20.4 Å². The molecule has 0 radical (unpaired) electrons. The molecule has 2 nitrogen and oxygen atoms in total. The highest BCUT2D eigenvalue weighted by Gasteiger charge is 2.05. The van der Waals surface area contributed by atoms with Crippen LogP contribution < -0.4 is 0 Å². The number of fused-ring (bicyclic) bond motifs is 2. The lowest BCUT2D eigenvalue weighted by atomic mass is 10.0. The van der Waals surface area contributed by atoms with Gasteiger partial charge in [-0.05, 0) is 58.7 Å². The molecule has 4 aromatic rings. The summed E-state index contributed by atoms with van der Waals surface area (Å²) in [5, 5.41) is 0. The topological polar surface area (TPSA) is 25.8 Å². The normalized spacial score (nSPS) is 11.7. The monoisotopic (exact) mass is 648 g/mol. The van der Waals surface area contributed by atoms with E-state index in [0.717, 1.165) is 11.0 Å². The Morgan fingerprint density at radius 1 is 0.425 bits per heavy atom. The average Bonchev–Trinajstić information content (AvgIpc) is 3.59. The van der Waals surface area contributed by atoms with Crippen LogP contribution in [0.3, 0.4) is 0 Å². The maximum absolute atomic E-state index is 4.71. The van der Waals surface area contributed by atoms with Gasteiger partial charge < -0.3 is 0 Å². The first-order valence-corrected chi connectivity index (χ1v) is 21.5. The summed E-state index contributed by atoms with van der Waals surface area (Å²) >= 11 is 3.63. The maximum Gasteiger partial charge on any atom is 0.161 e. The van der Waals surface area contributed by atoms with Crippen LogP contribution in [0.5, 0.6) is 0 Å². The van der Waals surface area contributed by atoms with E-state index in [1.54, 1.807) is 0 Å². The number of rotatable bonds is 23. The number of hydrogen-bond donors (Lipinski definition) is 0. The Morgan fingerprint density at radius 3 is 1.10 bits per heavy atom. The SMILES string of the molecule is c1ccc2sc(SSCCCCCCCCCCCCCCCCCCSSc3nc4ccccc4s3)nc2c1. The van der Waals surface area contributed by atoms with Gasteiger partial charge in [-0.1, -0.05) is 136 Å². The fourth-order valence-electron chi connectivity index (χ4n) is 4.75. The molecule has 2 aromatic heterocycles. The molecule has 2 heterocycles. The molecule has 0 aliphatic carbocycles. The van der Waals surface area contributed by atoms with Gasteiger partial charge in [0.1, 0.15) is 0 Å². The van der Waals surface area contributed by atoms with Crippen LogP contribution >= 0.6 is 65.8 Å². The maximum atomic E-state index is 4.71. The lowest BCUT2D eigenvalue weighted by Crippen LogP contribution is -1.84.